The number of nitrogens with one attached hydrogen (secondary N) is 1. The molecule has 0 atom stereocenters. The van der Waals surface area contributed by atoms with Crippen molar-refractivity contribution in [2.45, 2.75) is 39.3 Å². The number of hydrogen-bond donors (Lipinski definition) is 1. The van der Waals surface area contributed by atoms with Crippen molar-refractivity contribution in [1.82, 2.24) is 14.5 Å². The van der Waals surface area contributed by atoms with Crippen LogP contribution in [-0.2, 0) is 11.5 Å². The highest BCUT2D eigenvalue weighted by molar-refractivity contribution is 6.76. The smallest absolute Gasteiger partial charge is 0.124 e. The highest BCUT2D eigenvalue weighted by Gasteiger charge is 2.14. The Morgan fingerprint density at radius 2 is 2.05 bits per heavy atom. The Morgan fingerprint density at radius 3 is 2.70 bits per heavy atom. The maximum Gasteiger partial charge on any atom is 0.124 e. The molecule has 6 heteroatoms. The van der Waals surface area contributed by atoms with Gasteiger partial charge in [-0.25, -0.2) is 4.98 Å². The molecule has 0 bridgehead atoms. The van der Waals surface area contributed by atoms with Crippen molar-refractivity contribution in [2.75, 3.05) is 19.0 Å². The van der Waals surface area contributed by atoms with E-state index in [1.165, 1.54) is 6.04 Å². The molecule has 5 nitrogen and oxygen atoms in total. The zero-order valence-corrected chi connectivity index (χ0v) is 14.0. The zero-order valence-electron chi connectivity index (χ0n) is 13.0. The lowest BCUT2D eigenvalue weighted by Gasteiger charge is -2.16. The number of nitrogens with zero attached hydrogens (tertiary/aromatic N) is 3. The summed E-state index contributed by atoms with van der Waals surface area (Å²) in [5.74, 6) is 0.956. The molecular weight excluding hydrogens is 268 g/mol. The maximum absolute atomic E-state index is 5.85. The second-order valence-electron chi connectivity index (χ2n) is 6.24. The molecule has 0 radical (unpaired) electrons. The molecule has 0 fully saturated rings. The molecule has 2 aromatic heterocycles. The summed E-state index contributed by atoms with van der Waals surface area (Å²) in [5.41, 5.74) is 2.95. The van der Waals surface area contributed by atoms with E-state index >= 15 is 0 Å². The van der Waals surface area contributed by atoms with Crippen molar-refractivity contribution in [3.05, 3.63) is 18.2 Å². The maximum atomic E-state index is 5.85. The molecule has 0 aliphatic heterocycles. The third-order valence-corrected chi connectivity index (χ3v) is 5.03. The average Bonchev–Trinajstić information content (AvgIpc) is 2.69. The lowest BCUT2D eigenvalue weighted by molar-refractivity contribution is 0.0885. The largest absolute Gasteiger partial charge is 0.385 e. The fourth-order valence-electron chi connectivity index (χ4n) is 2.08. The molecule has 0 aromatic carbocycles. The third-order valence-electron chi connectivity index (χ3n) is 3.33. The van der Waals surface area contributed by atoms with Gasteiger partial charge in [-0.1, -0.05) is 19.6 Å². The number of hydrogen-bond acceptors (Lipinski definition) is 4. The Hall–Kier alpha value is -1.40. The van der Waals surface area contributed by atoms with Gasteiger partial charge in [-0.2, -0.15) is 0 Å². The molecule has 20 heavy (non-hydrogen) atoms. The monoisotopic (exact) mass is 292 g/mol. The summed E-state index contributed by atoms with van der Waals surface area (Å²) in [6.07, 6.45) is 3.61. The van der Waals surface area contributed by atoms with Crippen molar-refractivity contribution in [3.63, 3.8) is 0 Å². The molecule has 0 aliphatic rings. The second-order valence-corrected chi connectivity index (χ2v) is 11.9. The van der Waals surface area contributed by atoms with Gasteiger partial charge in [0.2, 0.25) is 0 Å². The molecule has 2 rings (SSSR count). The summed E-state index contributed by atoms with van der Waals surface area (Å²) in [7, 11) is 0.861. The van der Waals surface area contributed by atoms with Gasteiger partial charge in [0.05, 0.1) is 23.6 Å². The molecule has 0 amide bonds. The number of aromatic nitrogens is 3. The molecule has 2 aromatic rings. The quantitative estimate of drug-likeness (QED) is 0.656. The van der Waals surface area contributed by atoms with Gasteiger partial charge >= 0.3 is 0 Å². The highest BCUT2D eigenvalue weighted by Crippen LogP contribution is 2.23. The lowest BCUT2D eigenvalue weighted by atomic mass is 10.3. The first-order chi connectivity index (χ1) is 9.42. The topological polar surface area (TPSA) is 52.0 Å². The van der Waals surface area contributed by atoms with E-state index in [4.69, 9.17) is 4.74 Å². The van der Waals surface area contributed by atoms with Gasteiger partial charge in [-0.15, -0.1) is 0 Å². The van der Waals surface area contributed by atoms with Crippen LogP contribution in [0.2, 0.25) is 25.7 Å². The van der Waals surface area contributed by atoms with Crippen LogP contribution in [0, 0.1) is 6.92 Å². The summed E-state index contributed by atoms with van der Waals surface area (Å²) in [4.78, 5) is 8.73. The Bertz CT molecular complexity index is 589. The second kappa shape index (κ2) is 5.93. The van der Waals surface area contributed by atoms with Crippen molar-refractivity contribution >= 4 is 24.8 Å². The van der Waals surface area contributed by atoms with Gasteiger partial charge in [0, 0.05) is 21.7 Å². The molecular formula is C14H24N4OSi. The van der Waals surface area contributed by atoms with E-state index in [0.29, 0.717) is 6.73 Å². The molecule has 0 saturated carbocycles. The summed E-state index contributed by atoms with van der Waals surface area (Å²) in [5, 5.41) is 3.17. The fourth-order valence-corrected chi connectivity index (χ4v) is 2.84. The number of ether oxygens (including phenoxy) is 1. The van der Waals surface area contributed by atoms with Gasteiger partial charge in [-0.05, 0) is 13.0 Å². The molecule has 0 unspecified atom stereocenters. The first kappa shape index (κ1) is 15.0. The van der Waals surface area contributed by atoms with Crippen molar-refractivity contribution < 1.29 is 4.74 Å². The summed E-state index contributed by atoms with van der Waals surface area (Å²) >= 11 is 0. The minimum atomic E-state index is -1.04. The Kier molecular flexibility index (Phi) is 4.44. The molecule has 2 heterocycles. The Labute approximate surface area is 121 Å². The highest BCUT2D eigenvalue weighted by atomic mass is 28.3. The third kappa shape index (κ3) is 3.37. The molecule has 0 aliphatic carbocycles. The fraction of sp³-hybridized carbons (Fsp3) is 0.571. The Morgan fingerprint density at radius 1 is 1.30 bits per heavy atom. The number of aryl methyl sites for hydroxylation is 1. The van der Waals surface area contributed by atoms with Gasteiger partial charge in [0.1, 0.15) is 18.1 Å². The van der Waals surface area contributed by atoms with E-state index < -0.39 is 8.07 Å². The average molecular weight is 292 g/mol. The molecule has 0 spiro atoms. The SMILES string of the molecule is CNc1cncc2nc(C)n(COCC[Si](C)(C)C)c12. The van der Waals surface area contributed by atoms with E-state index in [9.17, 15) is 0 Å². The normalized spacial score (nSPS) is 12.1. The van der Waals surface area contributed by atoms with Crippen LogP contribution in [-0.4, -0.2) is 36.3 Å². The van der Waals surface area contributed by atoms with Crippen LogP contribution in [0.1, 0.15) is 5.82 Å². The van der Waals surface area contributed by atoms with Crippen molar-refractivity contribution in [2.24, 2.45) is 0 Å². The minimum absolute atomic E-state index is 0.547. The van der Waals surface area contributed by atoms with E-state index in [1.54, 1.807) is 6.20 Å². The number of fused-ring (bicyclic) bond motifs is 1. The van der Waals surface area contributed by atoms with Crippen LogP contribution < -0.4 is 5.32 Å². The van der Waals surface area contributed by atoms with Crippen LogP contribution >= 0.6 is 0 Å². The van der Waals surface area contributed by atoms with Crippen LogP contribution in [0.15, 0.2) is 12.4 Å². The van der Waals surface area contributed by atoms with Gasteiger partial charge in [0.25, 0.3) is 0 Å². The van der Waals surface area contributed by atoms with Crippen LogP contribution in [0.3, 0.4) is 0 Å². The van der Waals surface area contributed by atoms with Crippen LogP contribution in [0.5, 0.6) is 0 Å². The molecule has 0 saturated heterocycles. The standard InChI is InChI=1S/C14H24N4OSi/c1-11-17-13-9-16-8-12(15-2)14(13)18(11)10-19-6-7-20(3,4)5/h8-9,15H,6-7,10H2,1-5H3. The van der Waals surface area contributed by atoms with E-state index in [0.717, 1.165) is 29.2 Å². The predicted octanol–water partition coefficient (Wildman–Crippen LogP) is 3.09. The Balaban J connectivity index is 2.15. The summed E-state index contributed by atoms with van der Waals surface area (Å²) in [6, 6.07) is 1.18. The van der Waals surface area contributed by atoms with Crippen LogP contribution in [0.25, 0.3) is 11.0 Å². The minimum Gasteiger partial charge on any atom is -0.385 e. The van der Waals surface area contributed by atoms with E-state index in [1.807, 2.05) is 20.2 Å². The van der Waals surface area contributed by atoms with Gasteiger partial charge in [-0.3, -0.25) is 4.98 Å². The number of pyridine rings is 1. The molecule has 110 valence electrons. The first-order valence-electron chi connectivity index (χ1n) is 6.99. The predicted molar refractivity (Wildman–Crippen MR) is 85.9 cm³/mol. The first-order valence-corrected chi connectivity index (χ1v) is 10.7. The lowest BCUT2D eigenvalue weighted by Crippen LogP contribution is -2.22. The number of anilines is 1. The van der Waals surface area contributed by atoms with Crippen molar-refractivity contribution in [3.8, 4) is 0 Å². The van der Waals surface area contributed by atoms with Gasteiger partial charge < -0.3 is 14.6 Å². The summed E-state index contributed by atoms with van der Waals surface area (Å²) in [6.45, 7) is 10.4. The molecule has 1 N–H and O–H groups in total. The zero-order chi connectivity index (χ0) is 14.8. The number of imidazole rings is 1. The van der Waals surface area contributed by atoms with E-state index in [-0.39, 0.29) is 0 Å². The van der Waals surface area contributed by atoms with Crippen molar-refractivity contribution in [1.29, 1.82) is 0 Å². The van der Waals surface area contributed by atoms with Crippen LogP contribution in [0.4, 0.5) is 5.69 Å². The van der Waals surface area contributed by atoms with E-state index in [2.05, 4.69) is 39.5 Å². The summed E-state index contributed by atoms with van der Waals surface area (Å²) < 4.78 is 7.96. The number of rotatable bonds is 6. The van der Waals surface area contributed by atoms with Gasteiger partial charge in [0.15, 0.2) is 0 Å².